The Morgan fingerprint density at radius 1 is 1.14 bits per heavy atom. The Hall–Kier alpha value is -2.27. The second kappa shape index (κ2) is 7.13. The van der Waals surface area contributed by atoms with Gasteiger partial charge in [0.1, 0.15) is 22.9 Å². The highest BCUT2D eigenvalue weighted by atomic mass is 35.5. The molecule has 22 heavy (non-hydrogen) atoms. The minimum atomic E-state index is -0.472. The zero-order valence-electron chi connectivity index (χ0n) is 12.2. The molecule has 0 aliphatic carbocycles. The van der Waals surface area contributed by atoms with Crippen LogP contribution in [0.5, 0.6) is 11.5 Å². The molecule has 0 aliphatic heterocycles. The first kappa shape index (κ1) is 16.1. The molecule has 4 nitrogen and oxygen atoms in total. The highest BCUT2D eigenvalue weighted by Crippen LogP contribution is 2.28. The number of hydrogen-bond donors (Lipinski definition) is 1. The number of methoxy groups -OCH3 is 2. The van der Waals surface area contributed by atoms with Crippen LogP contribution < -0.4 is 14.8 Å². The minimum absolute atomic E-state index is 0.0362. The van der Waals surface area contributed by atoms with E-state index in [-0.39, 0.29) is 22.7 Å². The third-order valence-corrected chi connectivity index (χ3v) is 3.50. The van der Waals surface area contributed by atoms with Gasteiger partial charge in [0.25, 0.3) is 5.91 Å². The van der Waals surface area contributed by atoms with Gasteiger partial charge in [-0.2, -0.15) is 0 Å². The summed E-state index contributed by atoms with van der Waals surface area (Å²) in [5, 5.41) is 2.88. The quantitative estimate of drug-likeness (QED) is 0.917. The van der Waals surface area contributed by atoms with Gasteiger partial charge in [-0.3, -0.25) is 4.79 Å². The number of nitrogens with one attached hydrogen (secondary N) is 1. The Kier molecular flexibility index (Phi) is 5.22. The molecule has 0 spiro atoms. The zero-order chi connectivity index (χ0) is 16.1. The highest BCUT2D eigenvalue weighted by molar-refractivity contribution is 6.31. The third-order valence-electron chi connectivity index (χ3n) is 3.14. The average molecular weight is 324 g/mol. The molecule has 2 aromatic rings. The molecule has 0 bridgehead atoms. The number of rotatable bonds is 5. The van der Waals surface area contributed by atoms with Gasteiger partial charge in [0.05, 0.1) is 14.2 Å². The van der Waals surface area contributed by atoms with Crippen LogP contribution in [-0.2, 0) is 6.54 Å². The van der Waals surface area contributed by atoms with Crippen molar-refractivity contribution in [2.45, 2.75) is 6.54 Å². The smallest absolute Gasteiger partial charge is 0.259 e. The molecule has 6 heteroatoms. The van der Waals surface area contributed by atoms with Gasteiger partial charge < -0.3 is 14.8 Å². The van der Waals surface area contributed by atoms with E-state index in [2.05, 4.69) is 5.32 Å². The molecule has 2 rings (SSSR count). The van der Waals surface area contributed by atoms with Gasteiger partial charge in [-0.1, -0.05) is 23.7 Å². The monoisotopic (exact) mass is 323 g/mol. The van der Waals surface area contributed by atoms with E-state index in [0.717, 1.165) is 0 Å². The van der Waals surface area contributed by atoms with E-state index in [4.69, 9.17) is 21.1 Å². The Balaban J connectivity index is 2.23. The molecule has 0 fully saturated rings. The zero-order valence-corrected chi connectivity index (χ0v) is 12.9. The Morgan fingerprint density at radius 3 is 2.27 bits per heavy atom. The van der Waals surface area contributed by atoms with Crippen molar-refractivity contribution in [1.82, 2.24) is 5.32 Å². The Bertz CT molecular complexity index is 649. The first-order valence-electron chi connectivity index (χ1n) is 6.50. The molecular formula is C16H15ClFNO3. The first-order valence-corrected chi connectivity index (χ1v) is 6.88. The van der Waals surface area contributed by atoms with Crippen molar-refractivity contribution in [3.05, 3.63) is 58.4 Å². The van der Waals surface area contributed by atoms with Crippen LogP contribution in [0, 0.1) is 5.82 Å². The van der Waals surface area contributed by atoms with E-state index in [1.807, 2.05) is 0 Å². The van der Waals surface area contributed by atoms with E-state index >= 15 is 0 Å². The van der Waals surface area contributed by atoms with Gasteiger partial charge in [0.2, 0.25) is 0 Å². The van der Waals surface area contributed by atoms with Gasteiger partial charge in [-0.15, -0.1) is 0 Å². The molecule has 0 aromatic heterocycles. The standard InChI is InChI=1S/C16H15ClFNO3/c1-21-13-7-4-8-14(22-2)15(13)16(20)19-9-10-11(17)5-3-6-12(10)18/h3-8H,9H2,1-2H3,(H,19,20). The van der Waals surface area contributed by atoms with E-state index in [1.54, 1.807) is 24.3 Å². The van der Waals surface area contributed by atoms with Crippen molar-refractivity contribution in [3.8, 4) is 11.5 Å². The number of halogens is 2. The van der Waals surface area contributed by atoms with Gasteiger partial charge in [0.15, 0.2) is 0 Å². The summed E-state index contributed by atoms with van der Waals surface area (Å²) >= 11 is 5.94. The maximum Gasteiger partial charge on any atom is 0.259 e. The molecule has 0 unspecified atom stereocenters. The van der Waals surface area contributed by atoms with Crippen molar-refractivity contribution in [2.75, 3.05) is 14.2 Å². The van der Waals surface area contributed by atoms with Crippen molar-refractivity contribution < 1.29 is 18.7 Å². The Labute approximate surface area is 132 Å². The van der Waals surface area contributed by atoms with Gasteiger partial charge in [-0.25, -0.2) is 4.39 Å². The molecule has 2 aromatic carbocycles. The highest BCUT2D eigenvalue weighted by Gasteiger charge is 2.18. The second-order valence-corrected chi connectivity index (χ2v) is 4.83. The minimum Gasteiger partial charge on any atom is -0.496 e. The second-order valence-electron chi connectivity index (χ2n) is 4.42. The molecular weight excluding hydrogens is 309 g/mol. The summed E-state index contributed by atoms with van der Waals surface area (Å²) < 4.78 is 24.0. The lowest BCUT2D eigenvalue weighted by molar-refractivity contribution is 0.0944. The lowest BCUT2D eigenvalue weighted by Crippen LogP contribution is -2.24. The summed E-state index contributed by atoms with van der Waals surface area (Å²) in [5.41, 5.74) is 0.478. The van der Waals surface area contributed by atoms with Gasteiger partial charge in [-0.05, 0) is 24.3 Å². The summed E-state index contributed by atoms with van der Waals surface area (Å²) in [4.78, 5) is 12.4. The molecule has 0 aliphatic rings. The van der Waals surface area contributed by atoms with Gasteiger partial charge >= 0.3 is 0 Å². The van der Waals surface area contributed by atoms with E-state index < -0.39 is 11.7 Å². The number of ether oxygens (including phenoxy) is 2. The molecule has 0 atom stereocenters. The van der Waals surface area contributed by atoms with E-state index in [0.29, 0.717) is 11.5 Å². The average Bonchev–Trinajstić information content (AvgIpc) is 2.53. The normalized spacial score (nSPS) is 10.2. The molecule has 1 N–H and O–H groups in total. The van der Waals surface area contributed by atoms with Crippen molar-refractivity contribution in [1.29, 1.82) is 0 Å². The van der Waals surface area contributed by atoms with E-state index in [1.165, 1.54) is 26.4 Å². The van der Waals surface area contributed by atoms with Crippen LogP contribution in [0.2, 0.25) is 5.02 Å². The molecule has 0 saturated carbocycles. The summed E-state index contributed by atoms with van der Waals surface area (Å²) in [6.07, 6.45) is 0. The molecule has 0 radical (unpaired) electrons. The molecule has 0 heterocycles. The SMILES string of the molecule is COc1cccc(OC)c1C(=O)NCc1c(F)cccc1Cl. The maximum atomic E-state index is 13.7. The molecule has 116 valence electrons. The number of carbonyl (C=O) groups is 1. The van der Waals surface area contributed by atoms with Gasteiger partial charge in [0, 0.05) is 17.1 Å². The topological polar surface area (TPSA) is 47.6 Å². The summed E-state index contributed by atoms with van der Waals surface area (Å²) in [5.74, 6) is -0.165. The fourth-order valence-corrected chi connectivity index (χ4v) is 2.26. The summed E-state index contributed by atoms with van der Waals surface area (Å²) in [7, 11) is 2.92. The fraction of sp³-hybridized carbons (Fsp3) is 0.188. The van der Waals surface area contributed by atoms with Crippen molar-refractivity contribution in [2.24, 2.45) is 0 Å². The predicted octanol–water partition coefficient (Wildman–Crippen LogP) is 3.43. The maximum absolute atomic E-state index is 13.7. The van der Waals surface area contributed by atoms with Crippen molar-refractivity contribution in [3.63, 3.8) is 0 Å². The number of benzene rings is 2. The number of amides is 1. The fourth-order valence-electron chi connectivity index (χ4n) is 2.03. The predicted molar refractivity (Wildman–Crippen MR) is 82.1 cm³/mol. The number of carbonyl (C=O) groups excluding carboxylic acids is 1. The van der Waals surface area contributed by atoms with Crippen LogP contribution in [0.4, 0.5) is 4.39 Å². The van der Waals surface area contributed by atoms with E-state index in [9.17, 15) is 9.18 Å². The first-order chi connectivity index (χ1) is 10.6. The third kappa shape index (κ3) is 3.31. The lowest BCUT2D eigenvalue weighted by atomic mass is 10.1. The largest absolute Gasteiger partial charge is 0.496 e. The van der Waals surface area contributed by atoms with Crippen LogP contribution in [0.3, 0.4) is 0 Å². The van der Waals surface area contributed by atoms with Crippen LogP contribution in [-0.4, -0.2) is 20.1 Å². The Morgan fingerprint density at radius 2 is 1.73 bits per heavy atom. The van der Waals surface area contributed by atoms with Crippen molar-refractivity contribution >= 4 is 17.5 Å². The lowest BCUT2D eigenvalue weighted by Gasteiger charge is -2.13. The molecule has 0 saturated heterocycles. The molecule has 1 amide bonds. The van der Waals surface area contributed by atoms with Crippen LogP contribution >= 0.6 is 11.6 Å². The van der Waals surface area contributed by atoms with Crippen LogP contribution in [0.15, 0.2) is 36.4 Å². The van der Waals surface area contributed by atoms with Crippen LogP contribution in [0.25, 0.3) is 0 Å². The van der Waals surface area contributed by atoms with Crippen LogP contribution in [0.1, 0.15) is 15.9 Å². The number of hydrogen-bond acceptors (Lipinski definition) is 3. The summed E-state index contributed by atoms with van der Waals surface area (Å²) in [6, 6.07) is 9.36. The summed E-state index contributed by atoms with van der Waals surface area (Å²) in [6.45, 7) is -0.0362.